The van der Waals surface area contributed by atoms with Gasteiger partial charge in [-0.05, 0) is 24.6 Å². The minimum absolute atomic E-state index is 0.0103. The van der Waals surface area contributed by atoms with Crippen molar-refractivity contribution in [1.82, 2.24) is 34.7 Å². The van der Waals surface area contributed by atoms with E-state index in [1.165, 1.54) is 0 Å². The Hall–Kier alpha value is -3.49. The molecule has 0 saturated carbocycles. The number of aromatic amines is 1. The van der Waals surface area contributed by atoms with Crippen molar-refractivity contribution in [2.45, 2.75) is 45.6 Å². The Kier molecular flexibility index (Phi) is 4.02. The highest BCUT2D eigenvalue weighted by Gasteiger charge is 2.38. The molecule has 9 heteroatoms. The van der Waals surface area contributed by atoms with Gasteiger partial charge in [0.25, 0.3) is 0 Å². The van der Waals surface area contributed by atoms with Crippen molar-refractivity contribution in [2.75, 3.05) is 6.54 Å². The summed E-state index contributed by atoms with van der Waals surface area (Å²) in [5, 5.41) is 12.8. The third-order valence-electron chi connectivity index (χ3n) is 5.45. The molecule has 0 radical (unpaired) electrons. The summed E-state index contributed by atoms with van der Waals surface area (Å²) in [6, 6.07) is 5.57. The molecule has 154 valence electrons. The maximum atomic E-state index is 13.4. The number of carbonyl (C=O) groups is 1. The zero-order chi connectivity index (χ0) is 21.0. The first kappa shape index (κ1) is 18.5. The van der Waals surface area contributed by atoms with E-state index in [1.807, 2.05) is 56.6 Å². The fourth-order valence-corrected chi connectivity index (χ4v) is 3.84. The Morgan fingerprint density at radius 3 is 2.87 bits per heavy atom. The SMILES string of the molecule is Cc1cccn2nc([C@@H]3c4nc[nH]c4CCN3C(=O)c3nnc(C(C)(C)C)o3)cc12. The van der Waals surface area contributed by atoms with Crippen molar-refractivity contribution in [3.63, 3.8) is 0 Å². The maximum Gasteiger partial charge on any atom is 0.312 e. The number of H-pyrrole nitrogens is 1. The summed E-state index contributed by atoms with van der Waals surface area (Å²) in [5.41, 5.74) is 4.34. The summed E-state index contributed by atoms with van der Waals surface area (Å²) in [4.78, 5) is 22.8. The van der Waals surface area contributed by atoms with Gasteiger partial charge in [-0.3, -0.25) is 4.79 Å². The Labute approximate surface area is 173 Å². The van der Waals surface area contributed by atoms with Crippen LogP contribution in [-0.4, -0.2) is 47.1 Å². The van der Waals surface area contributed by atoms with E-state index < -0.39 is 6.04 Å². The van der Waals surface area contributed by atoms with Gasteiger partial charge in [-0.2, -0.15) is 5.10 Å². The van der Waals surface area contributed by atoms with Crippen LogP contribution in [0.1, 0.15) is 66.0 Å². The summed E-state index contributed by atoms with van der Waals surface area (Å²) in [6.45, 7) is 8.43. The van der Waals surface area contributed by atoms with Gasteiger partial charge in [0.05, 0.1) is 23.2 Å². The lowest BCUT2D eigenvalue weighted by molar-refractivity contribution is 0.0642. The molecule has 0 aliphatic carbocycles. The minimum Gasteiger partial charge on any atom is -0.416 e. The number of aryl methyl sites for hydroxylation is 1. The highest BCUT2D eigenvalue weighted by atomic mass is 16.4. The van der Waals surface area contributed by atoms with Crippen LogP contribution >= 0.6 is 0 Å². The van der Waals surface area contributed by atoms with Crippen LogP contribution in [0.5, 0.6) is 0 Å². The van der Waals surface area contributed by atoms with E-state index in [9.17, 15) is 4.79 Å². The lowest BCUT2D eigenvalue weighted by Gasteiger charge is -2.32. The molecule has 1 aliphatic heterocycles. The second-order valence-electron chi connectivity index (χ2n) is 8.67. The molecular weight excluding hydrogens is 382 g/mol. The number of imidazole rings is 1. The van der Waals surface area contributed by atoms with Crippen LogP contribution in [0.2, 0.25) is 0 Å². The monoisotopic (exact) mass is 405 g/mol. The number of hydrogen-bond donors (Lipinski definition) is 1. The second-order valence-corrected chi connectivity index (χ2v) is 8.67. The molecule has 4 aromatic heterocycles. The number of amides is 1. The van der Waals surface area contributed by atoms with Gasteiger partial charge in [0, 0.05) is 30.3 Å². The summed E-state index contributed by atoms with van der Waals surface area (Å²) < 4.78 is 7.56. The first-order valence-electron chi connectivity index (χ1n) is 9.95. The molecule has 0 fully saturated rings. The molecule has 4 aromatic rings. The van der Waals surface area contributed by atoms with E-state index >= 15 is 0 Å². The van der Waals surface area contributed by atoms with Crippen LogP contribution in [0, 0.1) is 6.92 Å². The molecule has 0 aromatic carbocycles. The number of hydrogen-bond acceptors (Lipinski definition) is 6. The van der Waals surface area contributed by atoms with Crippen LogP contribution in [0.15, 0.2) is 35.1 Å². The molecule has 1 amide bonds. The van der Waals surface area contributed by atoms with Crippen molar-refractivity contribution in [3.8, 4) is 0 Å². The minimum atomic E-state index is -0.434. The van der Waals surface area contributed by atoms with Crippen LogP contribution in [0.25, 0.3) is 5.52 Å². The van der Waals surface area contributed by atoms with Crippen LogP contribution in [-0.2, 0) is 11.8 Å². The van der Waals surface area contributed by atoms with E-state index in [-0.39, 0.29) is 17.2 Å². The number of fused-ring (bicyclic) bond motifs is 2. The lowest BCUT2D eigenvalue weighted by atomic mass is 9.97. The number of nitrogens with zero attached hydrogens (tertiary/aromatic N) is 6. The predicted molar refractivity (Wildman–Crippen MR) is 108 cm³/mol. The van der Waals surface area contributed by atoms with Crippen molar-refractivity contribution >= 4 is 11.4 Å². The van der Waals surface area contributed by atoms with E-state index in [1.54, 1.807) is 11.2 Å². The van der Waals surface area contributed by atoms with Crippen molar-refractivity contribution in [1.29, 1.82) is 0 Å². The molecule has 1 atom stereocenters. The number of nitrogens with one attached hydrogen (secondary N) is 1. The molecule has 0 spiro atoms. The molecule has 30 heavy (non-hydrogen) atoms. The second kappa shape index (κ2) is 6.51. The maximum absolute atomic E-state index is 13.4. The van der Waals surface area contributed by atoms with Gasteiger partial charge in [-0.1, -0.05) is 26.8 Å². The Balaban J connectivity index is 1.59. The van der Waals surface area contributed by atoms with Crippen molar-refractivity contribution < 1.29 is 9.21 Å². The molecular formula is C21H23N7O2. The van der Waals surface area contributed by atoms with Gasteiger partial charge >= 0.3 is 11.8 Å². The van der Waals surface area contributed by atoms with Crippen LogP contribution < -0.4 is 0 Å². The molecule has 0 unspecified atom stereocenters. The smallest absolute Gasteiger partial charge is 0.312 e. The Morgan fingerprint density at radius 2 is 2.13 bits per heavy atom. The van der Waals surface area contributed by atoms with Crippen molar-refractivity contribution in [3.05, 3.63) is 65.1 Å². The quantitative estimate of drug-likeness (QED) is 0.550. The number of carbonyl (C=O) groups excluding carboxylic acids is 1. The predicted octanol–water partition coefficient (Wildman–Crippen LogP) is 2.83. The van der Waals surface area contributed by atoms with Gasteiger partial charge in [0.15, 0.2) is 0 Å². The summed E-state index contributed by atoms with van der Waals surface area (Å²) in [6.07, 6.45) is 4.24. The van der Waals surface area contributed by atoms with Gasteiger partial charge in [0.1, 0.15) is 6.04 Å². The molecule has 5 heterocycles. The van der Waals surface area contributed by atoms with Gasteiger partial charge in [-0.15, -0.1) is 10.2 Å². The molecule has 0 bridgehead atoms. The zero-order valence-corrected chi connectivity index (χ0v) is 17.4. The van der Waals surface area contributed by atoms with E-state index in [2.05, 4.69) is 20.2 Å². The van der Waals surface area contributed by atoms with E-state index in [0.29, 0.717) is 18.9 Å². The summed E-state index contributed by atoms with van der Waals surface area (Å²) in [5.74, 6) is 0.109. The normalized spacial score (nSPS) is 16.8. The number of rotatable bonds is 2. The molecule has 1 N–H and O–H groups in total. The fourth-order valence-electron chi connectivity index (χ4n) is 3.84. The summed E-state index contributed by atoms with van der Waals surface area (Å²) in [7, 11) is 0. The number of pyridine rings is 1. The average molecular weight is 405 g/mol. The Bertz CT molecular complexity index is 1240. The van der Waals surface area contributed by atoms with Crippen molar-refractivity contribution in [2.24, 2.45) is 0 Å². The van der Waals surface area contributed by atoms with Gasteiger partial charge < -0.3 is 14.3 Å². The third-order valence-corrected chi connectivity index (χ3v) is 5.45. The van der Waals surface area contributed by atoms with Gasteiger partial charge in [0.2, 0.25) is 5.89 Å². The lowest BCUT2D eigenvalue weighted by Crippen LogP contribution is -2.41. The third kappa shape index (κ3) is 2.89. The Morgan fingerprint density at radius 1 is 1.30 bits per heavy atom. The first-order chi connectivity index (χ1) is 14.3. The van der Waals surface area contributed by atoms with Crippen LogP contribution in [0.4, 0.5) is 0 Å². The topological polar surface area (TPSA) is 105 Å². The standard InChI is InChI=1S/C21H23N7O2/c1-12-6-5-8-28-15(12)10-14(26-28)17-16-13(22-11-23-16)7-9-27(17)19(29)18-24-25-20(30-18)21(2,3)4/h5-6,8,10-11,17H,7,9H2,1-4H3,(H,22,23)/t17-/m1/s1. The molecule has 0 saturated heterocycles. The summed E-state index contributed by atoms with van der Waals surface area (Å²) >= 11 is 0. The zero-order valence-electron chi connectivity index (χ0n) is 17.4. The van der Waals surface area contributed by atoms with Gasteiger partial charge in [-0.25, -0.2) is 9.50 Å². The highest BCUT2D eigenvalue weighted by molar-refractivity contribution is 5.90. The molecule has 1 aliphatic rings. The fraction of sp³-hybridized carbons (Fsp3) is 0.381. The average Bonchev–Trinajstić information content (AvgIpc) is 3.44. The largest absolute Gasteiger partial charge is 0.416 e. The van der Waals surface area contributed by atoms with Crippen LogP contribution in [0.3, 0.4) is 0 Å². The van der Waals surface area contributed by atoms with E-state index in [0.717, 1.165) is 28.2 Å². The number of aromatic nitrogens is 6. The first-order valence-corrected chi connectivity index (χ1v) is 9.95. The highest BCUT2D eigenvalue weighted by Crippen LogP contribution is 2.34. The molecule has 5 rings (SSSR count). The van der Waals surface area contributed by atoms with E-state index in [4.69, 9.17) is 9.52 Å². The molecule has 9 nitrogen and oxygen atoms in total.